The number of nitrogens with one attached hydrogen (secondary N) is 1. The lowest BCUT2D eigenvalue weighted by molar-refractivity contribution is -0.147. The van der Waals surface area contributed by atoms with E-state index in [2.05, 4.69) is 11.6 Å². The summed E-state index contributed by atoms with van der Waals surface area (Å²) in [4.78, 5) is 12.0. The van der Waals surface area contributed by atoms with Crippen molar-refractivity contribution in [2.45, 2.75) is 92.0 Å². The second-order valence-electron chi connectivity index (χ2n) is 7.19. The summed E-state index contributed by atoms with van der Waals surface area (Å²) in [6.07, 6.45) is 9.78. The second kappa shape index (κ2) is 12.9. The molecule has 2 unspecified atom stereocenters. The number of rotatable bonds is 13. The molecule has 0 fully saturated rings. The molecule has 0 aromatic heterocycles. The van der Waals surface area contributed by atoms with E-state index >= 15 is 0 Å². The summed E-state index contributed by atoms with van der Waals surface area (Å²) in [7, 11) is -1.18. The maximum absolute atomic E-state index is 12.2. The maximum atomic E-state index is 12.2. The number of hydrogen-bond acceptors (Lipinski definition) is 3. The number of ether oxygens (including phenoxy) is 1. The van der Waals surface area contributed by atoms with Gasteiger partial charge in [0.25, 0.3) is 0 Å². The third-order valence-electron chi connectivity index (χ3n) is 3.82. The van der Waals surface area contributed by atoms with Crippen LogP contribution >= 0.6 is 0 Å². The number of carbonyl (C=O) groups is 1. The molecule has 0 aromatic rings. The van der Waals surface area contributed by atoms with Crippen LogP contribution in [0.4, 0.5) is 0 Å². The first-order chi connectivity index (χ1) is 10.8. The lowest BCUT2D eigenvalue weighted by atomic mass is 9.87. The molecule has 0 heterocycles. The molecule has 2 atom stereocenters. The van der Waals surface area contributed by atoms with Crippen LogP contribution in [0, 0.1) is 5.41 Å². The molecule has 1 N–H and O–H groups in total. The van der Waals surface area contributed by atoms with Gasteiger partial charge in [-0.15, -0.1) is 0 Å². The Bertz CT molecular complexity index is 340. The third-order valence-corrected chi connectivity index (χ3v) is 4.98. The molecule has 0 aliphatic carbocycles. The molecule has 4 nitrogen and oxygen atoms in total. The van der Waals surface area contributed by atoms with Crippen LogP contribution in [0.5, 0.6) is 0 Å². The van der Waals surface area contributed by atoms with Crippen molar-refractivity contribution in [1.29, 1.82) is 0 Å². The Hall–Kier alpha value is -0.420. The fourth-order valence-electron chi connectivity index (χ4n) is 2.36. The first-order valence-corrected chi connectivity index (χ1v) is 10.5. The van der Waals surface area contributed by atoms with Gasteiger partial charge in [-0.2, -0.15) is 0 Å². The van der Waals surface area contributed by atoms with Gasteiger partial charge in [0, 0.05) is 5.75 Å². The van der Waals surface area contributed by atoms with Gasteiger partial charge in [-0.3, -0.25) is 4.79 Å². The summed E-state index contributed by atoms with van der Waals surface area (Å²) < 4.78 is 20.2. The standard InChI is InChI=1S/C18H37NO3S/c1-6-8-9-10-11-12-13-14-15-23(21)19-16(18(3,4)5)17(20)22-7-2/h16,19H,6-15H2,1-5H3. The van der Waals surface area contributed by atoms with Gasteiger partial charge in [0.2, 0.25) is 0 Å². The fourth-order valence-corrected chi connectivity index (χ4v) is 3.66. The van der Waals surface area contributed by atoms with Crippen LogP contribution in [-0.4, -0.2) is 28.6 Å². The molecule has 0 saturated heterocycles. The van der Waals surface area contributed by atoms with Gasteiger partial charge in [0.05, 0.1) is 17.6 Å². The quantitative estimate of drug-likeness (QED) is 0.398. The van der Waals surface area contributed by atoms with E-state index in [0.717, 1.165) is 12.8 Å². The lowest BCUT2D eigenvalue weighted by Gasteiger charge is -2.28. The summed E-state index contributed by atoms with van der Waals surface area (Å²) in [5.74, 6) is 0.283. The normalized spacial score (nSPS) is 14.5. The van der Waals surface area contributed by atoms with Crippen molar-refractivity contribution in [3.8, 4) is 0 Å². The SMILES string of the molecule is CCCCCCCCCCS(=O)NC(C(=O)OCC)C(C)(C)C. The van der Waals surface area contributed by atoms with Gasteiger partial charge in [-0.05, 0) is 18.8 Å². The minimum absolute atomic E-state index is 0.315. The Morgan fingerprint density at radius 3 is 2.00 bits per heavy atom. The van der Waals surface area contributed by atoms with E-state index < -0.39 is 17.0 Å². The number of carbonyl (C=O) groups excluding carboxylic acids is 1. The summed E-state index contributed by atoms with van der Waals surface area (Å²) in [6, 6.07) is -0.530. The Morgan fingerprint density at radius 2 is 1.52 bits per heavy atom. The second-order valence-corrected chi connectivity index (χ2v) is 8.53. The molecule has 138 valence electrons. The molecule has 0 bridgehead atoms. The van der Waals surface area contributed by atoms with Crippen molar-refractivity contribution in [2.24, 2.45) is 5.41 Å². The largest absolute Gasteiger partial charge is 0.465 e. The van der Waals surface area contributed by atoms with E-state index in [1.165, 1.54) is 38.5 Å². The van der Waals surface area contributed by atoms with Crippen molar-refractivity contribution in [2.75, 3.05) is 12.4 Å². The van der Waals surface area contributed by atoms with Gasteiger partial charge in [0.15, 0.2) is 0 Å². The van der Waals surface area contributed by atoms with Crippen LogP contribution in [0.15, 0.2) is 0 Å². The van der Waals surface area contributed by atoms with Gasteiger partial charge in [-0.1, -0.05) is 72.6 Å². The molecular weight excluding hydrogens is 310 g/mol. The highest BCUT2D eigenvalue weighted by Crippen LogP contribution is 2.21. The molecule has 0 saturated carbocycles. The van der Waals surface area contributed by atoms with Crippen LogP contribution in [0.1, 0.15) is 86.0 Å². The van der Waals surface area contributed by atoms with Crippen molar-refractivity contribution in [1.82, 2.24) is 4.72 Å². The zero-order valence-corrected chi connectivity index (χ0v) is 16.6. The van der Waals surface area contributed by atoms with E-state index in [9.17, 15) is 9.00 Å². The summed E-state index contributed by atoms with van der Waals surface area (Å²) in [5, 5.41) is 0. The first kappa shape index (κ1) is 22.6. The van der Waals surface area contributed by atoms with Crippen LogP contribution in [0.2, 0.25) is 0 Å². The Balaban J connectivity index is 3.98. The van der Waals surface area contributed by atoms with Crippen LogP contribution < -0.4 is 4.72 Å². The lowest BCUT2D eigenvalue weighted by Crippen LogP contribution is -2.48. The molecular formula is C18H37NO3S. The number of esters is 1. The average Bonchev–Trinajstić information content (AvgIpc) is 2.46. The molecule has 0 aliphatic heterocycles. The van der Waals surface area contributed by atoms with Crippen molar-refractivity contribution in [3.63, 3.8) is 0 Å². The highest BCUT2D eigenvalue weighted by atomic mass is 32.2. The van der Waals surface area contributed by atoms with Crippen LogP contribution in [0.25, 0.3) is 0 Å². The van der Waals surface area contributed by atoms with Gasteiger partial charge in [0.1, 0.15) is 6.04 Å². The molecule has 0 amide bonds. The van der Waals surface area contributed by atoms with E-state index in [1.807, 2.05) is 20.8 Å². The zero-order chi connectivity index (χ0) is 17.7. The first-order valence-electron chi connectivity index (χ1n) is 9.14. The molecule has 0 aromatic carbocycles. The minimum Gasteiger partial charge on any atom is -0.465 e. The highest BCUT2D eigenvalue weighted by molar-refractivity contribution is 7.83. The molecule has 0 radical (unpaired) electrons. The smallest absolute Gasteiger partial charge is 0.324 e. The third kappa shape index (κ3) is 11.7. The zero-order valence-electron chi connectivity index (χ0n) is 15.8. The summed E-state index contributed by atoms with van der Waals surface area (Å²) >= 11 is 0. The average molecular weight is 348 g/mol. The molecule has 0 spiro atoms. The predicted molar refractivity (Wildman–Crippen MR) is 98.6 cm³/mol. The Labute approximate surface area is 145 Å². The van der Waals surface area contributed by atoms with Crippen LogP contribution in [-0.2, 0) is 20.5 Å². The van der Waals surface area contributed by atoms with Crippen molar-refractivity contribution >= 4 is 17.0 Å². The molecule has 5 heteroatoms. The Kier molecular flexibility index (Phi) is 12.7. The fraction of sp³-hybridized carbons (Fsp3) is 0.944. The van der Waals surface area contributed by atoms with Gasteiger partial charge >= 0.3 is 5.97 Å². The van der Waals surface area contributed by atoms with E-state index in [0.29, 0.717) is 12.4 Å². The topological polar surface area (TPSA) is 55.4 Å². The van der Waals surface area contributed by atoms with Gasteiger partial charge in [-0.25, -0.2) is 8.93 Å². The van der Waals surface area contributed by atoms with E-state index in [4.69, 9.17) is 4.74 Å². The predicted octanol–water partition coefficient (Wildman–Crippen LogP) is 4.36. The highest BCUT2D eigenvalue weighted by Gasteiger charge is 2.33. The number of hydrogen-bond donors (Lipinski definition) is 1. The maximum Gasteiger partial charge on any atom is 0.324 e. The van der Waals surface area contributed by atoms with Crippen LogP contribution in [0.3, 0.4) is 0 Å². The van der Waals surface area contributed by atoms with E-state index in [1.54, 1.807) is 6.92 Å². The van der Waals surface area contributed by atoms with Crippen molar-refractivity contribution in [3.05, 3.63) is 0 Å². The minimum atomic E-state index is -1.18. The summed E-state index contributed by atoms with van der Waals surface area (Å²) in [6.45, 7) is 10.2. The number of unbranched alkanes of at least 4 members (excludes halogenated alkanes) is 7. The summed E-state index contributed by atoms with van der Waals surface area (Å²) in [5.41, 5.74) is -0.318. The monoisotopic (exact) mass is 347 g/mol. The van der Waals surface area contributed by atoms with Crippen molar-refractivity contribution < 1.29 is 13.7 Å². The van der Waals surface area contributed by atoms with E-state index in [-0.39, 0.29) is 11.4 Å². The Morgan fingerprint density at radius 1 is 1.00 bits per heavy atom. The molecule has 0 rings (SSSR count). The van der Waals surface area contributed by atoms with Gasteiger partial charge < -0.3 is 4.74 Å². The molecule has 23 heavy (non-hydrogen) atoms. The molecule has 0 aliphatic rings.